The van der Waals surface area contributed by atoms with E-state index in [0.717, 1.165) is 16.8 Å². The molecule has 0 aliphatic heterocycles. The Morgan fingerprint density at radius 3 is 2.68 bits per heavy atom. The minimum absolute atomic E-state index is 0.152. The second-order valence-corrected chi connectivity index (χ2v) is 5.90. The third kappa shape index (κ3) is 3.45. The third-order valence-electron chi connectivity index (χ3n) is 4.27. The molecule has 0 aliphatic rings. The van der Waals surface area contributed by atoms with Crippen LogP contribution in [0.2, 0.25) is 0 Å². The zero-order chi connectivity index (χ0) is 17.8. The van der Waals surface area contributed by atoms with Crippen LogP contribution < -0.4 is 5.32 Å². The van der Waals surface area contributed by atoms with Crippen LogP contribution >= 0.6 is 0 Å². The first kappa shape index (κ1) is 16.5. The van der Waals surface area contributed by atoms with Crippen molar-refractivity contribution in [3.05, 3.63) is 71.4 Å². The molecule has 126 valence electrons. The highest BCUT2D eigenvalue weighted by Gasteiger charge is 2.19. The number of hydrogen-bond donors (Lipinski definition) is 1. The Balaban J connectivity index is 1.92. The number of nitriles is 1. The van der Waals surface area contributed by atoms with Gasteiger partial charge in [0.25, 0.3) is 0 Å². The van der Waals surface area contributed by atoms with Gasteiger partial charge in [-0.15, -0.1) is 0 Å². The first-order valence-electron chi connectivity index (χ1n) is 7.99. The molecule has 6 heteroatoms. The molecule has 1 aromatic carbocycles. The zero-order valence-electron chi connectivity index (χ0n) is 14.2. The zero-order valence-corrected chi connectivity index (χ0v) is 14.2. The van der Waals surface area contributed by atoms with Gasteiger partial charge in [-0.2, -0.15) is 5.26 Å². The molecule has 0 spiro atoms. The molecular formula is C19H19N5O. The van der Waals surface area contributed by atoms with E-state index < -0.39 is 0 Å². The van der Waals surface area contributed by atoms with Crippen molar-refractivity contribution >= 4 is 11.7 Å². The molecule has 0 saturated carbocycles. The molecule has 0 aliphatic carbocycles. The third-order valence-corrected chi connectivity index (χ3v) is 4.27. The highest BCUT2D eigenvalue weighted by atomic mass is 16.2. The fourth-order valence-electron chi connectivity index (χ4n) is 2.81. The predicted octanol–water partition coefficient (Wildman–Crippen LogP) is 2.86. The molecule has 2 aromatic heterocycles. The lowest BCUT2D eigenvalue weighted by molar-refractivity contribution is -0.116. The van der Waals surface area contributed by atoms with Gasteiger partial charge in [-0.1, -0.05) is 30.3 Å². The Bertz CT molecular complexity index is 917. The Morgan fingerprint density at radius 1 is 1.28 bits per heavy atom. The van der Waals surface area contributed by atoms with Crippen LogP contribution in [0.25, 0.3) is 0 Å². The smallest absolute Gasteiger partial charge is 0.245 e. The van der Waals surface area contributed by atoms with Gasteiger partial charge in [-0.05, 0) is 25.0 Å². The fourth-order valence-corrected chi connectivity index (χ4v) is 2.81. The van der Waals surface area contributed by atoms with Crippen LogP contribution in [-0.2, 0) is 17.9 Å². The lowest BCUT2D eigenvalue weighted by Crippen LogP contribution is -2.21. The van der Waals surface area contributed by atoms with Crippen LogP contribution in [0, 0.1) is 25.2 Å². The predicted molar refractivity (Wildman–Crippen MR) is 95.0 cm³/mol. The molecule has 3 aromatic rings. The monoisotopic (exact) mass is 333 g/mol. The van der Waals surface area contributed by atoms with E-state index in [9.17, 15) is 10.1 Å². The van der Waals surface area contributed by atoms with Crippen LogP contribution in [0.4, 0.5) is 5.82 Å². The second-order valence-electron chi connectivity index (χ2n) is 5.90. The summed E-state index contributed by atoms with van der Waals surface area (Å²) in [6.45, 7) is 4.61. The first-order chi connectivity index (χ1) is 12.1. The molecule has 0 radical (unpaired) electrons. The summed E-state index contributed by atoms with van der Waals surface area (Å²) in [6, 6.07) is 12.2. The minimum Gasteiger partial charge on any atom is -0.328 e. The van der Waals surface area contributed by atoms with E-state index in [2.05, 4.69) is 16.4 Å². The van der Waals surface area contributed by atoms with Gasteiger partial charge in [0.1, 0.15) is 18.4 Å². The molecule has 2 heterocycles. The number of amides is 1. The maximum Gasteiger partial charge on any atom is 0.245 e. The Morgan fingerprint density at radius 2 is 2.04 bits per heavy atom. The molecule has 3 rings (SSSR count). The summed E-state index contributed by atoms with van der Waals surface area (Å²) in [4.78, 5) is 16.3. The number of benzene rings is 1. The van der Waals surface area contributed by atoms with Crippen molar-refractivity contribution in [3.8, 4) is 6.07 Å². The molecule has 0 fully saturated rings. The van der Waals surface area contributed by atoms with E-state index in [1.54, 1.807) is 23.3 Å². The van der Waals surface area contributed by atoms with Gasteiger partial charge in [0.15, 0.2) is 0 Å². The van der Waals surface area contributed by atoms with E-state index >= 15 is 0 Å². The Labute approximate surface area is 146 Å². The van der Waals surface area contributed by atoms with Gasteiger partial charge in [-0.25, -0.2) is 4.98 Å². The van der Waals surface area contributed by atoms with Crippen molar-refractivity contribution in [2.45, 2.75) is 26.9 Å². The van der Waals surface area contributed by atoms with Crippen molar-refractivity contribution in [2.24, 2.45) is 0 Å². The molecule has 1 amide bonds. The summed E-state index contributed by atoms with van der Waals surface area (Å²) in [5, 5.41) is 12.4. The van der Waals surface area contributed by atoms with Crippen molar-refractivity contribution in [2.75, 3.05) is 5.32 Å². The summed E-state index contributed by atoms with van der Waals surface area (Å²) in [5.41, 5.74) is 3.47. The number of nitrogens with one attached hydrogen (secondary N) is 1. The van der Waals surface area contributed by atoms with Crippen molar-refractivity contribution < 1.29 is 4.79 Å². The first-order valence-corrected chi connectivity index (χ1v) is 7.99. The average Bonchev–Trinajstić information content (AvgIpc) is 3.19. The molecule has 0 atom stereocenters. The average molecular weight is 333 g/mol. The van der Waals surface area contributed by atoms with Gasteiger partial charge < -0.3 is 14.5 Å². The highest BCUT2D eigenvalue weighted by Crippen LogP contribution is 2.27. The number of imidazole rings is 1. The Kier molecular flexibility index (Phi) is 4.66. The fraction of sp³-hybridized carbons (Fsp3) is 0.211. The molecule has 0 bridgehead atoms. The summed E-state index contributed by atoms with van der Waals surface area (Å²) in [5.74, 6) is 0.354. The number of aromatic nitrogens is 3. The maximum absolute atomic E-state index is 12.4. The largest absolute Gasteiger partial charge is 0.328 e. The van der Waals surface area contributed by atoms with Crippen molar-refractivity contribution in [1.82, 2.24) is 14.1 Å². The van der Waals surface area contributed by atoms with E-state index in [-0.39, 0.29) is 12.5 Å². The summed E-state index contributed by atoms with van der Waals surface area (Å²) in [7, 11) is 0. The van der Waals surface area contributed by atoms with Crippen molar-refractivity contribution in [3.63, 3.8) is 0 Å². The summed E-state index contributed by atoms with van der Waals surface area (Å²) >= 11 is 0. The van der Waals surface area contributed by atoms with E-state index in [4.69, 9.17) is 0 Å². The van der Waals surface area contributed by atoms with Crippen LogP contribution in [0.15, 0.2) is 49.1 Å². The van der Waals surface area contributed by atoms with Crippen molar-refractivity contribution in [1.29, 1.82) is 5.26 Å². The maximum atomic E-state index is 12.4. The van der Waals surface area contributed by atoms with Crippen LogP contribution in [0.5, 0.6) is 0 Å². The minimum atomic E-state index is -0.193. The Hall–Kier alpha value is -3.33. The standard InChI is InChI=1S/C19H19N5O/c1-14-15(2)24(11-16-6-4-3-5-7-16)19(17(14)10-20)22-18(25)12-23-9-8-21-13-23/h3-9,13H,11-12H2,1-2H3,(H,22,25). The second kappa shape index (κ2) is 7.05. The number of rotatable bonds is 5. The highest BCUT2D eigenvalue weighted by molar-refractivity contribution is 5.91. The van der Waals surface area contributed by atoms with E-state index in [1.165, 1.54) is 0 Å². The molecule has 25 heavy (non-hydrogen) atoms. The quantitative estimate of drug-likeness (QED) is 0.780. The lowest BCUT2D eigenvalue weighted by Gasteiger charge is -2.13. The van der Waals surface area contributed by atoms with Gasteiger partial charge in [0, 0.05) is 24.6 Å². The molecule has 0 saturated heterocycles. The SMILES string of the molecule is Cc1c(C#N)c(NC(=O)Cn2ccnc2)n(Cc2ccccc2)c1C. The number of anilines is 1. The number of hydrogen-bond acceptors (Lipinski definition) is 3. The number of nitrogens with zero attached hydrogens (tertiary/aromatic N) is 4. The van der Waals surface area contributed by atoms with Crippen LogP contribution in [0.1, 0.15) is 22.4 Å². The lowest BCUT2D eigenvalue weighted by atomic mass is 10.2. The molecule has 0 unspecified atom stereocenters. The van der Waals surface area contributed by atoms with Gasteiger partial charge >= 0.3 is 0 Å². The van der Waals surface area contributed by atoms with Gasteiger partial charge in [-0.3, -0.25) is 4.79 Å². The van der Waals surface area contributed by atoms with Crippen LogP contribution in [0.3, 0.4) is 0 Å². The topological polar surface area (TPSA) is 75.6 Å². The number of carbonyl (C=O) groups excluding carboxylic acids is 1. The molecule has 1 N–H and O–H groups in total. The van der Waals surface area contributed by atoms with Gasteiger partial charge in [0.05, 0.1) is 11.9 Å². The summed E-state index contributed by atoms with van der Waals surface area (Å²) in [6.07, 6.45) is 4.94. The molecule has 6 nitrogen and oxygen atoms in total. The van der Waals surface area contributed by atoms with Gasteiger partial charge in [0.2, 0.25) is 5.91 Å². The van der Waals surface area contributed by atoms with E-state index in [0.29, 0.717) is 17.9 Å². The van der Waals surface area contributed by atoms with Crippen LogP contribution in [-0.4, -0.2) is 20.0 Å². The number of carbonyl (C=O) groups is 1. The van der Waals surface area contributed by atoms with E-state index in [1.807, 2.05) is 48.7 Å². The normalized spacial score (nSPS) is 10.4. The molecular weight excluding hydrogens is 314 g/mol. The summed E-state index contributed by atoms with van der Waals surface area (Å²) < 4.78 is 3.67.